The fourth-order valence-corrected chi connectivity index (χ4v) is 4.20. The Hall–Kier alpha value is -1.33. The maximum Gasteiger partial charge on any atom is 0.123 e. The van der Waals surface area contributed by atoms with E-state index in [9.17, 15) is 0 Å². The second kappa shape index (κ2) is 8.37. The van der Waals surface area contributed by atoms with E-state index in [0.717, 1.165) is 25.4 Å². The van der Waals surface area contributed by atoms with Gasteiger partial charge in [0.05, 0.1) is 7.11 Å². The highest BCUT2D eigenvalue weighted by Crippen LogP contribution is 2.30. The monoisotopic (exact) mass is 361 g/mol. The molecule has 1 atom stereocenters. The topological polar surface area (TPSA) is 27.7 Å². The number of hydrogen-bond donors (Lipinski definition) is 1. The summed E-state index contributed by atoms with van der Waals surface area (Å²) in [6, 6.07) is 13.6. The van der Waals surface area contributed by atoms with E-state index in [1.165, 1.54) is 48.9 Å². The van der Waals surface area contributed by atoms with Gasteiger partial charge in [-0.25, -0.2) is 0 Å². The highest BCUT2D eigenvalue weighted by molar-refractivity contribution is 5.87. The van der Waals surface area contributed by atoms with E-state index in [0.29, 0.717) is 6.04 Å². The lowest BCUT2D eigenvalue weighted by atomic mass is 10.0. The molecule has 0 aliphatic carbocycles. The summed E-state index contributed by atoms with van der Waals surface area (Å²) in [5.41, 5.74) is 1.33. The number of fused-ring (bicyclic) bond motifs is 1. The minimum atomic E-state index is 0. The second-order valence-corrected chi connectivity index (χ2v) is 6.93. The molecular weight excluding hydrogens is 334 g/mol. The molecule has 1 unspecified atom stereocenters. The first-order valence-corrected chi connectivity index (χ1v) is 9.07. The molecule has 2 heterocycles. The smallest absolute Gasteiger partial charge is 0.123 e. The van der Waals surface area contributed by atoms with E-state index >= 15 is 0 Å². The van der Waals surface area contributed by atoms with Crippen LogP contribution in [0.1, 0.15) is 12.0 Å². The molecule has 4 nitrogen and oxygen atoms in total. The molecular formula is C20H28ClN3O. The fraction of sp³-hybridized carbons (Fsp3) is 0.500. The van der Waals surface area contributed by atoms with Gasteiger partial charge in [-0.2, -0.15) is 0 Å². The van der Waals surface area contributed by atoms with Crippen molar-refractivity contribution in [1.29, 1.82) is 0 Å². The molecule has 5 heteroatoms. The summed E-state index contributed by atoms with van der Waals surface area (Å²) in [6.07, 6.45) is 1.28. The Kier molecular flexibility index (Phi) is 6.18. The minimum Gasteiger partial charge on any atom is -0.496 e. The van der Waals surface area contributed by atoms with Crippen molar-refractivity contribution in [2.45, 2.75) is 19.0 Å². The van der Waals surface area contributed by atoms with Gasteiger partial charge in [0.1, 0.15) is 5.75 Å². The van der Waals surface area contributed by atoms with Crippen LogP contribution in [0.2, 0.25) is 0 Å². The first kappa shape index (κ1) is 18.5. The number of hydrogen-bond acceptors (Lipinski definition) is 4. The van der Waals surface area contributed by atoms with Crippen molar-refractivity contribution in [1.82, 2.24) is 15.1 Å². The Morgan fingerprint density at radius 3 is 2.68 bits per heavy atom. The molecule has 2 aliphatic heterocycles. The Bertz CT molecular complexity index is 702. The molecule has 25 heavy (non-hydrogen) atoms. The Morgan fingerprint density at radius 2 is 1.88 bits per heavy atom. The molecule has 2 aromatic rings. The zero-order valence-corrected chi connectivity index (χ0v) is 15.7. The Morgan fingerprint density at radius 1 is 1.08 bits per heavy atom. The summed E-state index contributed by atoms with van der Waals surface area (Å²) in [5, 5.41) is 6.07. The third-order valence-corrected chi connectivity index (χ3v) is 5.51. The van der Waals surface area contributed by atoms with E-state index in [-0.39, 0.29) is 12.4 Å². The van der Waals surface area contributed by atoms with Crippen LogP contribution in [-0.2, 0) is 6.54 Å². The number of nitrogens with zero attached hydrogens (tertiary/aromatic N) is 2. The van der Waals surface area contributed by atoms with Crippen LogP contribution in [0.15, 0.2) is 36.4 Å². The molecule has 136 valence electrons. The van der Waals surface area contributed by atoms with Crippen LogP contribution in [0.3, 0.4) is 0 Å². The summed E-state index contributed by atoms with van der Waals surface area (Å²) in [7, 11) is 1.78. The molecule has 1 N–H and O–H groups in total. The molecule has 0 saturated carbocycles. The predicted octanol–water partition coefficient (Wildman–Crippen LogP) is 2.75. The number of piperazine rings is 1. The standard InChI is InChI=1S/C20H27N3O.ClH/c1-24-20-7-6-16-4-2-3-5-18(16)19(20)15-22-11-8-17(14-22)23-12-9-21-10-13-23;/h2-7,17,21H,8-15H2,1H3;1H. The first-order valence-electron chi connectivity index (χ1n) is 9.07. The number of likely N-dealkylation sites (tertiary alicyclic amines) is 1. The summed E-state index contributed by atoms with van der Waals surface area (Å²) >= 11 is 0. The van der Waals surface area contributed by atoms with Crippen molar-refractivity contribution in [3.63, 3.8) is 0 Å². The average Bonchev–Trinajstić information content (AvgIpc) is 3.11. The first-order chi connectivity index (χ1) is 11.8. The van der Waals surface area contributed by atoms with Gasteiger partial charge in [-0.05, 0) is 23.3 Å². The van der Waals surface area contributed by atoms with Crippen molar-refractivity contribution in [2.24, 2.45) is 0 Å². The van der Waals surface area contributed by atoms with Crippen LogP contribution >= 0.6 is 12.4 Å². The van der Waals surface area contributed by atoms with Crippen molar-refractivity contribution < 1.29 is 4.74 Å². The molecule has 0 aromatic heterocycles. The normalized spacial score (nSPS) is 22.0. The van der Waals surface area contributed by atoms with Gasteiger partial charge >= 0.3 is 0 Å². The summed E-state index contributed by atoms with van der Waals surface area (Å²) in [4.78, 5) is 5.26. The molecule has 0 amide bonds. The second-order valence-electron chi connectivity index (χ2n) is 6.93. The molecule has 0 spiro atoms. The van der Waals surface area contributed by atoms with E-state index in [4.69, 9.17) is 4.74 Å². The molecule has 2 aliphatic rings. The highest BCUT2D eigenvalue weighted by Gasteiger charge is 2.29. The maximum absolute atomic E-state index is 5.66. The lowest BCUT2D eigenvalue weighted by Gasteiger charge is -2.32. The van der Waals surface area contributed by atoms with Gasteiger partial charge < -0.3 is 10.1 Å². The zero-order valence-electron chi connectivity index (χ0n) is 14.9. The van der Waals surface area contributed by atoms with Gasteiger partial charge in [-0.15, -0.1) is 12.4 Å². The molecule has 4 rings (SSSR count). The van der Waals surface area contributed by atoms with E-state index in [1.807, 2.05) is 0 Å². The SMILES string of the molecule is COc1ccc2ccccc2c1CN1CCC(N2CCNCC2)C1.Cl. The molecule has 2 fully saturated rings. The van der Waals surface area contributed by atoms with Gasteiger partial charge in [0, 0.05) is 57.4 Å². The summed E-state index contributed by atoms with van der Waals surface area (Å²) in [6.45, 7) is 7.98. The van der Waals surface area contributed by atoms with Gasteiger partial charge in [0.25, 0.3) is 0 Å². The van der Waals surface area contributed by atoms with Crippen molar-refractivity contribution in [3.8, 4) is 5.75 Å². The predicted molar refractivity (Wildman–Crippen MR) is 106 cm³/mol. The number of benzene rings is 2. The maximum atomic E-state index is 5.66. The van der Waals surface area contributed by atoms with Gasteiger partial charge in [0.15, 0.2) is 0 Å². The van der Waals surface area contributed by atoms with Gasteiger partial charge in [0.2, 0.25) is 0 Å². The van der Waals surface area contributed by atoms with Crippen LogP contribution < -0.4 is 10.1 Å². The van der Waals surface area contributed by atoms with E-state index in [2.05, 4.69) is 51.5 Å². The number of halogens is 1. The number of nitrogens with one attached hydrogen (secondary N) is 1. The Balaban J connectivity index is 0.00000182. The van der Waals surface area contributed by atoms with Crippen LogP contribution in [0.4, 0.5) is 0 Å². The fourth-order valence-electron chi connectivity index (χ4n) is 4.20. The van der Waals surface area contributed by atoms with Crippen molar-refractivity contribution >= 4 is 23.2 Å². The quantitative estimate of drug-likeness (QED) is 0.906. The minimum absolute atomic E-state index is 0. The highest BCUT2D eigenvalue weighted by atomic mass is 35.5. The summed E-state index contributed by atoms with van der Waals surface area (Å²) in [5.74, 6) is 1.01. The zero-order chi connectivity index (χ0) is 16.4. The lowest BCUT2D eigenvalue weighted by Crippen LogP contribution is -2.49. The average molecular weight is 362 g/mol. The molecule has 2 aromatic carbocycles. The van der Waals surface area contributed by atoms with Crippen molar-refractivity contribution in [3.05, 3.63) is 42.0 Å². The third-order valence-electron chi connectivity index (χ3n) is 5.51. The molecule has 2 saturated heterocycles. The number of methoxy groups -OCH3 is 1. The third kappa shape index (κ3) is 3.93. The van der Waals surface area contributed by atoms with Crippen LogP contribution in [0, 0.1) is 0 Å². The van der Waals surface area contributed by atoms with Gasteiger partial charge in [-0.3, -0.25) is 9.80 Å². The number of ether oxygens (including phenoxy) is 1. The summed E-state index contributed by atoms with van der Waals surface area (Å²) < 4.78 is 5.66. The Labute approximate surface area is 156 Å². The van der Waals surface area contributed by atoms with Crippen LogP contribution in [0.5, 0.6) is 5.75 Å². The van der Waals surface area contributed by atoms with Crippen LogP contribution in [-0.4, -0.2) is 62.2 Å². The lowest BCUT2D eigenvalue weighted by molar-refractivity contribution is 0.170. The number of rotatable bonds is 4. The molecule has 0 bridgehead atoms. The van der Waals surface area contributed by atoms with Gasteiger partial charge in [-0.1, -0.05) is 30.3 Å². The van der Waals surface area contributed by atoms with Crippen molar-refractivity contribution in [2.75, 3.05) is 46.4 Å². The largest absolute Gasteiger partial charge is 0.496 e. The van der Waals surface area contributed by atoms with E-state index < -0.39 is 0 Å². The van der Waals surface area contributed by atoms with Crippen LogP contribution in [0.25, 0.3) is 10.8 Å². The molecule has 0 radical (unpaired) electrons. The van der Waals surface area contributed by atoms with E-state index in [1.54, 1.807) is 7.11 Å².